The summed E-state index contributed by atoms with van der Waals surface area (Å²) in [6.07, 6.45) is 2.79. The average molecular weight is 314 g/mol. The second-order valence-electron chi connectivity index (χ2n) is 3.45. The largest absolute Gasteiger partial charge is 0.274 e. The van der Waals surface area contributed by atoms with E-state index >= 15 is 0 Å². The van der Waals surface area contributed by atoms with E-state index in [1.165, 1.54) is 0 Å². The van der Waals surface area contributed by atoms with E-state index in [-0.39, 0.29) is 0 Å². The Morgan fingerprint density at radius 3 is 2.35 bits per heavy atom. The molecule has 1 aromatic carbocycles. The Labute approximate surface area is 121 Å². The van der Waals surface area contributed by atoms with Crippen molar-refractivity contribution in [2.75, 3.05) is 5.43 Å². The molecule has 0 saturated carbocycles. The molecule has 0 bridgehead atoms. The fourth-order valence-electron chi connectivity index (χ4n) is 1.14. The first-order valence-corrected chi connectivity index (χ1v) is 6.68. The molecule has 0 fully saturated rings. The Morgan fingerprint density at radius 2 is 1.82 bits per heavy atom. The Hall–Kier alpha value is -0.150. The Kier molecular flexibility index (Phi) is 6.42. The molecule has 1 aromatic rings. The van der Waals surface area contributed by atoms with Crippen molar-refractivity contribution in [2.45, 2.75) is 26.2 Å². The molecule has 0 radical (unpaired) electrons. The first kappa shape index (κ1) is 14.9. The van der Waals surface area contributed by atoms with E-state index in [1.54, 1.807) is 12.1 Å². The Morgan fingerprint density at radius 1 is 1.24 bits per heavy atom. The first-order chi connectivity index (χ1) is 8.04. The zero-order chi connectivity index (χ0) is 12.8. The highest BCUT2D eigenvalue weighted by Gasteiger charge is 2.07. The van der Waals surface area contributed by atoms with Gasteiger partial charge in [-0.15, -0.1) is 0 Å². The maximum atomic E-state index is 5.98. The van der Waals surface area contributed by atoms with Crippen LogP contribution < -0.4 is 5.43 Å². The number of hydrogen-bond donors (Lipinski definition) is 1. The molecule has 17 heavy (non-hydrogen) atoms. The lowest BCUT2D eigenvalue weighted by atomic mass is 10.3. The van der Waals surface area contributed by atoms with Crippen LogP contribution in [-0.4, -0.2) is 5.17 Å². The Balaban J connectivity index is 2.75. The molecule has 1 rings (SSSR count). The third-order valence-corrected chi connectivity index (χ3v) is 3.12. The van der Waals surface area contributed by atoms with Crippen molar-refractivity contribution in [2.24, 2.45) is 5.10 Å². The second kappa shape index (κ2) is 7.32. The van der Waals surface area contributed by atoms with Gasteiger partial charge in [0, 0.05) is 11.4 Å². The van der Waals surface area contributed by atoms with Crippen LogP contribution in [-0.2, 0) is 0 Å². The van der Waals surface area contributed by atoms with Crippen LogP contribution in [0.15, 0.2) is 17.2 Å². The molecule has 0 saturated heterocycles. The van der Waals surface area contributed by atoms with E-state index < -0.39 is 0 Å². The number of benzene rings is 1. The highest BCUT2D eigenvalue weighted by Crippen LogP contribution is 2.33. The van der Waals surface area contributed by atoms with E-state index in [0.717, 1.165) is 19.3 Å². The number of nitrogens with one attached hydrogen (secondary N) is 1. The van der Waals surface area contributed by atoms with Crippen LogP contribution in [0.5, 0.6) is 0 Å². The van der Waals surface area contributed by atoms with E-state index in [1.807, 2.05) is 0 Å². The van der Waals surface area contributed by atoms with Crippen LogP contribution in [0, 0.1) is 0 Å². The molecule has 0 aromatic heterocycles. The van der Waals surface area contributed by atoms with E-state index in [9.17, 15) is 0 Å². The highest BCUT2D eigenvalue weighted by molar-refractivity contribution is 6.65. The summed E-state index contributed by atoms with van der Waals surface area (Å²) in [6, 6.07) is 3.18. The predicted octanol–water partition coefficient (Wildman–Crippen LogP) is 5.80. The standard InChI is InChI=1S/C11H12Cl4N2/c1-2-3-4-10(15)16-17-11-8(13)5-7(12)6-9(11)14/h5-6,17H,2-4H2,1H3. The lowest BCUT2D eigenvalue weighted by molar-refractivity contribution is 0.839. The van der Waals surface area contributed by atoms with Gasteiger partial charge < -0.3 is 0 Å². The van der Waals surface area contributed by atoms with Gasteiger partial charge in [-0.2, -0.15) is 5.10 Å². The van der Waals surface area contributed by atoms with Gasteiger partial charge in [-0.05, 0) is 18.6 Å². The van der Waals surface area contributed by atoms with Crippen LogP contribution in [0.25, 0.3) is 0 Å². The molecule has 1 N–H and O–H groups in total. The number of hydrogen-bond acceptors (Lipinski definition) is 2. The van der Waals surface area contributed by atoms with Gasteiger partial charge in [0.1, 0.15) is 5.17 Å². The molecular weight excluding hydrogens is 302 g/mol. The molecule has 0 aliphatic heterocycles. The van der Waals surface area contributed by atoms with Gasteiger partial charge in [-0.25, -0.2) is 0 Å². The van der Waals surface area contributed by atoms with Gasteiger partial charge in [-0.1, -0.05) is 59.7 Å². The fraction of sp³-hybridized carbons (Fsp3) is 0.364. The summed E-state index contributed by atoms with van der Waals surface area (Å²) in [6.45, 7) is 2.09. The van der Waals surface area contributed by atoms with Crippen LogP contribution >= 0.6 is 46.4 Å². The van der Waals surface area contributed by atoms with Gasteiger partial charge >= 0.3 is 0 Å². The first-order valence-electron chi connectivity index (χ1n) is 5.17. The minimum Gasteiger partial charge on any atom is -0.274 e. The van der Waals surface area contributed by atoms with E-state index in [0.29, 0.717) is 25.9 Å². The summed E-state index contributed by atoms with van der Waals surface area (Å²) < 4.78 is 0. The maximum Gasteiger partial charge on any atom is 0.126 e. The maximum absolute atomic E-state index is 5.98. The zero-order valence-corrected chi connectivity index (χ0v) is 12.3. The zero-order valence-electron chi connectivity index (χ0n) is 9.24. The quantitative estimate of drug-likeness (QED) is 0.539. The van der Waals surface area contributed by atoms with Crippen molar-refractivity contribution in [1.82, 2.24) is 0 Å². The van der Waals surface area contributed by atoms with Gasteiger partial charge in [0.2, 0.25) is 0 Å². The van der Waals surface area contributed by atoms with Crippen LogP contribution in [0.3, 0.4) is 0 Å². The minimum absolute atomic E-state index is 0.409. The van der Waals surface area contributed by atoms with Crippen molar-refractivity contribution >= 4 is 57.3 Å². The molecule has 0 aliphatic carbocycles. The molecule has 0 spiro atoms. The molecule has 2 nitrogen and oxygen atoms in total. The van der Waals surface area contributed by atoms with Crippen molar-refractivity contribution in [3.63, 3.8) is 0 Å². The Bertz CT molecular complexity index is 395. The number of nitrogens with zero attached hydrogens (tertiary/aromatic N) is 1. The third-order valence-electron chi connectivity index (χ3n) is 2.03. The van der Waals surface area contributed by atoms with Crippen LogP contribution in [0.2, 0.25) is 15.1 Å². The molecule has 0 aliphatic rings. The lowest BCUT2D eigenvalue weighted by Crippen LogP contribution is -1.96. The van der Waals surface area contributed by atoms with Crippen molar-refractivity contribution < 1.29 is 0 Å². The van der Waals surface area contributed by atoms with E-state index in [2.05, 4.69) is 17.5 Å². The molecule has 0 heterocycles. The third kappa shape index (κ3) is 4.92. The molecule has 6 heteroatoms. The van der Waals surface area contributed by atoms with Crippen LogP contribution in [0.1, 0.15) is 26.2 Å². The van der Waals surface area contributed by atoms with Gasteiger partial charge in [0.05, 0.1) is 15.7 Å². The summed E-state index contributed by atoms with van der Waals surface area (Å²) in [5.74, 6) is 0. The van der Waals surface area contributed by atoms with Gasteiger partial charge in [-0.3, -0.25) is 5.43 Å². The summed E-state index contributed by atoms with van der Waals surface area (Å²) in [5.41, 5.74) is 3.26. The molecule has 0 atom stereocenters. The molecule has 0 unspecified atom stereocenters. The molecule has 0 amide bonds. The van der Waals surface area contributed by atoms with Crippen molar-refractivity contribution in [3.05, 3.63) is 27.2 Å². The summed E-state index contributed by atoms with van der Waals surface area (Å²) in [5, 5.41) is 5.79. The molecule has 94 valence electrons. The van der Waals surface area contributed by atoms with Crippen molar-refractivity contribution in [3.8, 4) is 0 Å². The highest BCUT2D eigenvalue weighted by atomic mass is 35.5. The van der Waals surface area contributed by atoms with Gasteiger partial charge in [0.15, 0.2) is 0 Å². The summed E-state index contributed by atoms with van der Waals surface area (Å²) in [7, 11) is 0. The SMILES string of the molecule is CCCCC(Cl)=NNc1c(Cl)cc(Cl)cc1Cl. The van der Waals surface area contributed by atoms with Crippen molar-refractivity contribution in [1.29, 1.82) is 0 Å². The van der Waals surface area contributed by atoms with Crippen LogP contribution in [0.4, 0.5) is 5.69 Å². The number of anilines is 1. The fourth-order valence-corrected chi connectivity index (χ4v) is 2.22. The summed E-state index contributed by atoms with van der Waals surface area (Å²) in [4.78, 5) is 0. The lowest BCUT2D eigenvalue weighted by Gasteiger charge is -2.07. The monoisotopic (exact) mass is 312 g/mol. The number of hydrazone groups is 1. The average Bonchev–Trinajstić information content (AvgIpc) is 2.24. The minimum atomic E-state index is 0.409. The number of unbranched alkanes of at least 4 members (excludes halogenated alkanes) is 1. The van der Waals surface area contributed by atoms with E-state index in [4.69, 9.17) is 46.4 Å². The smallest absolute Gasteiger partial charge is 0.126 e. The summed E-state index contributed by atoms with van der Waals surface area (Å²) >= 11 is 23.7. The number of halogens is 4. The predicted molar refractivity (Wildman–Crippen MR) is 77.9 cm³/mol. The normalized spacial score (nSPS) is 11.7. The topological polar surface area (TPSA) is 24.4 Å². The number of rotatable bonds is 5. The molecular formula is C11H12Cl4N2. The second-order valence-corrected chi connectivity index (χ2v) is 5.13. The van der Waals surface area contributed by atoms with Gasteiger partial charge in [0.25, 0.3) is 0 Å².